The molecule has 0 aliphatic rings. The highest BCUT2D eigenvalue weighted by molar-refractivity contribution is 8.00. The third kappa shape index (κ3) is 2.09. The van der Waals surface area contributed by atoms with E-state index in [1.807, 2.05) is 6.07 Å². The van der Waals surface area contributed by atoms with E-state index in [9.17, 15) is 0 Å². The molecule has 0 saturated heterocycles. The van der Waals surface area contributed by atoms with Crippen molar-refractivity contribution in [3.8, 4) is 0 Å². The monoisotopic (exact) mass is 225 g/mol. The van der Waals surface area contributed by atoms with Gasteiger partial charge in [0.05, 0.1) is 6.61 Å². The van der Waals surface area contributed by atoms with E-state index >= 15 is 0 Å². The van der Waals surface area contributed by atoms with E-state index in [4.69, 9.17) is 5.11 Å². The van der Waals surface area contributed by atoms with Gasteiger partial charge in [0.2, 0.25) is 0 Å². The van der Waals surface area contributed by atoms with Crippen molar-refractivity contribution < 1.29 is 5.11 Å². The Hall–Kier alpha value is -0.980. The summed E-state index contributed by atoms with van der Waals surface area (Å²) in [6.45, 7) is -0.00498. The first-order valence-electron chi connectivity index (χ1n) is 3.89. The molecule has 0 fully saturated rings. The van der Waals surface area contributed by atoms with E-state index in [1.54, 1.807) is 12.3 Å². The van der Waals surface area contributed by atoms with Gasteiger partial charge in [-0.1, -0.05) is 6.07 Å². The normalized spacial score (nSPS) is 10.4. The number of nitrogens with zero attached hydrogens (tertiary/aromatic N) is 3. The van der Waals surface area contributed by atoms with Crippen LogP contribution in [0.2, 0.25) is 0 Å². The second kappa shape index (κ2) is 4.50. The average Bonchev–Trinajstić information content (AvgIpc) is 2.71. The van der Waals surface area contributed by atoms with Crippen molar-refractivity contribution in [2.45, 2.75) is 16.0 Å². The molecule has 0 aromatic carbocycles. The van der Waals surface area contributed by atoms with E-state index in [1.165, 1.54) is 29.6 Å². The smallest absolute Gasteiger partial charge is 0.176 e. The van der Waals surface area contributed by atoms with Crippen molar-refractivity contribution in [3.63, 3.8) is 0 Å². The molecule has 2 rings (SSSR count). The van der Waals surface area contributed by atoms with Crippen molar-refractivity contribution in [2.24, 2.45) is 0 Å². The van der Waals surface area contributed by atoms with Gasteiger partial charge in [-0.05, 0) is 29.4 Å². The van der Waals surface area contributed by atoms with Crippen LogP contribution in [-0.2, 0) is 6.61 Å². The summed E-state index contributed by atoms with van der Waals surface area (Å²) in [4.78, 5) is 8.20. The largest absolute Gasteiger partial charge is 0.392 e. The molecule has 0 spiro atoms. The maximum atomic E-state index is 9.06. The molecule has 0 radical (unpaired) electrons. The molecule has 6 heteroatoms. The number of aliphatic hydroxyl groups excluding tert-OH is 1. The van der Waals surface area contributed by atoms with E-state index in [0.29, 0.717) is 0 Å². The Labute approximate surface area is 89.2 Å². The zero-order valence-corrected chi connectivity index (χ0v) is 8.75. The lowest BCUT2D eigenvalue weighted by molar-refractivity contribution is 0.278. The molecule has 2 aromatic heterocycles. The van der Waals surface area contributed by atoms with Crippen LogP contribution in [-0.4, -0.2) is 19.4 Å². The van der Waals surface area contributed by atoms with Crippen molar-refractivity contribution in [3.05, 3.63) is 30.2 Å². The molecule has 14 heavy (non-hydrogen) atoms. The second-order valence-corrected chi connectivity index (χ2v) is 4.45. The highest BCUT2D eigenvalue weighted by atomic mass is 32.2. The molecule has 0 atom stereocenters. The van der Waals surface area contributed by atoms with Crippen LogP contribution < -0.4 is 0 Å². The Morgan fingerprint density at radius 1 is 1.43 bits per heavy atom. The predicted molar refractivity (Wildman–Crippen MR) is 54.2 cm³/mol. The Kier molecular flexibility index (Phi) is 3.07. The van der Waals surface area contributed by atoms with Crippen molar-refractivity contribution >= 4 is 23.3 Å². The molecule has 0 aliphatic heterocycles. The molecule has 0 saturated carbocycles. The number of hydrogen-bond donors (Lipinski definition) is 1. The third-order valence-electron chi connectivity index (χ3n) is 1.55. The lowest BCUT2D eigenvalue weighted by Crippen LogP contribution is -1.89. The second-order valence-electron chi connectivity index (χ2n) is 2.44. The van der Waals surface area contributed by atoms with Gasteiger partial charge >= 0.3 is 0 Å². The van der Waals surface area contributed by atoms with Crippen LogP contribution in [0.5, 0.6) is 0 Å². The summed E-state index contributed by atoms with van der Waals surface area (Å²) in [5.74, 6) is 0. The van der Waals surface area contributed by atoms with Gasteiger partial charge in [0.25, 0.3) is 0 Å². The molecule has 1 N–H and O–H groups in total. The minimum Gasteiger partial charge on any atom is -0.392 e. The van der Waals surface area contributed by atoms with E-state index in [-0.39, 0.29) is 6.61 Å². The molecule has 0 unspecified atom stereocenters. The molecule has 0 aliphatic carbocycles. The van der Waals surface area contributed by atoms with Gasteiger partial charge < -0.3 is 5.11 Å². The zero-order chi connectivity index (χ0) is 9.80. The van der Waals surface area contributed by atoms with E-state index in [0.717, 1.165) is 14.9 Å². The van der Waals surface area contributed by atoms with Crippen LogP contribution >= 0.6 is 23.3 Å². The zero-order valence-electron chi connectivity index (χ0n) is 7.12. The first-order valence-corrected chi connectivity index (χ1v) is 5.48. The fourth-order valence-electron chi connectivity index (χ4n) is 0.927. The van der Waals surface area contributed by atoms with E-state index < -0.39 is 0 Å². The lowest BCUT2D eigenvalue weighted by atomic mass is 10.3. The Morgan fingerprint density at radius 2 is 2.36 bits per heavy atom. The van der Waals surface area contributed by atoms with Crippen LogP contribution in [0.4, 0.5) is 0 Å². The van der Waals surface area contributed by atoms with Crippen LogP contribution in [0.3, 0.4) is 0 Å². The molecule has 4 nitrogen and oxygen atoms in total. The predicted octanol–water partition coefficient (Wildman–Crippen LogP) is 1.58. The molecular formula is C8H7N3OS2. The molecule has 72 valence electrons. The maximum absolute atomic E-state index is 9.06. The lowest BCUT2D eigenvalue weighted by Gasteiger charge is -2.01. The van der Waals surface area contributed by atoms with Gasteiger partial charge in [0, 0.05) is 11.8 Å². The summed E-state index contributed by atoms with van der Waals surface area (Å²) in [6.07, 6.45) is 3.21. The van der Waals surface area contributed by atoms with Crippen molar-refractivity contribution in [1.29, 1.82) is 0 Å². The van der Waals surface area contributed by atoms with Crippen LogP contribution in [0, 0.1) is 0 Å². The first-order chi connectivity index (χ1) is 6.90. The minimum atomic E-state index is -0.00498. The van der Waals surface area contributed by atoms with Gasteiger partial charge in [-0.3, -0.25) is 0 Å². The molecule has 2 heterocycles. The number of aromatic nitrogens is 3. The summed E-state index contributed by atoms with van der Waals surface area (Å²) < 4.78 is 4.73. The van der Waals surface area contributed by atoms with E-state index in [2.05, 4.69) is 14.3 Å². The SMILES string of the molecule is OCc1cccnc1Sc1ncns1. The fourth-order valence-corrected chi connectivity index (χ4v) is 2.36. The maximum Gasteiger partial charge on any atom is 0.176 e. The van der Waals surface area contributed by atoms with Gasteiger partial charge in [-0.25, -0.2) is 9.97 Å². The quantitative estimate of drug-likeness (QED) is 0.859. The van der Waals surface area contributed by atoms with Gasteiger partial charge in [-0.2, -0.15) is 4.37 Å². The van der Waals surface area contributed by atoms with Crippen molar-refractivity contribution in [2.75, 3.05) is 0 Å². The van der Waals surface area contributed by atoms with Gasteiger partial charge in [0.15, 0.2) is 4.34 Å². The van der Waals surface area contributed by atoms with Gasteiger partial charge in [-0.15, -0.1) is 0 Å². The fraction of sp³-hybridized carbons (Fsp3) is 0.125. The molecular weight excluding hydrogens is 218 g/mol. The Balaban J connectivity index is 2.24. The minimum absolute atomic E-state index is 0.00498. The summed E-state index contributed by atoms with van der Waals surface area (Å²) in [5.41, 5.74) is 0.813. The van der Waals surface area contributed by atoms with Crippen LogP contribution in [0.1, 0.15) is 5.56 Å². The van der Waals surface area contributed by atoms with Crippen LogP contribution in [0.25, 0.3) is 0 Å². The summed E-state index contributed by atoms with van der Waals surface area (Å²) in [5, 5.41) is 9.85. The number of aliphatic hydroxyl groups is 1. The summed E-state index contributed by atoms with van der Waals surface area (Å²) >= 11 is 2.74. The summed E-state index contributed by atoms with van der Waals surface area (Å²) in [7, 11) is 0. The summed E-state index contributed by atoms with van der Waals surface area (Å²) in [6, 6.07) is 3.64. The van der Waals surface area contributed by atoms with Gasteiger partial charge in [0.1, 0.15) is 11.4 Å². The number of pyridine rings is 1. The van der Waals surface area contributed by atoms with Crippen LogP contribution in [0.15, 0.2) is 34.0 Å². The molecule has 2 aromatic rings. The Bertz CT molecular complexity index is 405. The Morgan fingerprint density at radius 3 is 3.07 bits per heavy atom. The topological polar surface area (TPSA) is 58.9 Å². The molecule has 0 bridgehead atoms. The standard InChI is InChI=1S/C8H7N3OS2/c12-4-6-2-1-3-9-7(6)13-8-10-5-11-14-8/h1-3,5,12H,4H2. The van der Waals surface area contributed by atoms with Crippen molar-refractivity contribution in [1.82, 2.24) is 14.3 Å². The third-order valence-corrected chi connectivity index (χ3v) is 3.32. The average molecular weight is 225 g/mol. The first kappa shape index (κ1) is 9.57. The highest BCUT2D eigenvalue weighted by Crippen LogP contribution is 2.28. The molecule has 0 amide bonds. The number of hydrogen-bond acceptors (Lipinski definition) is 6. The highest BCUT2D eigenvalue weighted by Gasteiger charge is 2.06. The number of rotatable bonds is 3.